The number of hydrogen-bond acceptors (Lipinski definition) is 3. The van der Waals surface area contributed by atoms with Gasteiger partial charge in [0.15, 0.2) is 0 Å². The lowest BCUT2D eigenvalue weighted by molar-refractivity contribution is -0.131. The lowest BCUT2D eigenvalue weighted by Gasteiger charge is -2.24. The fourth-order valence-corrected chi connectivity index (χ4v) is 2.75. The first-order valence-electron chi connectivity index (χ1n) is 7.32. The number of hydrogen-bond donors (Lipinski definition) is 3. The van der Waals surface area contributed by atoms with E-state index in [2.05, 4.69) is 33.2 Å². The van der Waals surface area contributed by atoms with E-state index in [-0.39, 0.29) is 11.8 Å². The highest BCUT2D eigenvalue weighted by Gasteiger charge is 2.27. The molecular weight excluding hydrogens is 409 g/mol. The molecule has 23 heavy (non-hydrogen) atoms. The molecule has 0 aliphatic carbocycles. The molecule has 1 rings (SSSR count). The van der Waals surface area contributed by atoms with Crippen LogP contribution in [0.2, 0.25) is 0 Å². The lowest BCUT2D eigenvalue weighted by Crippen LogP contribution is -2.55. The summed E-state index contributed by atoms with van der Waals surface area (Å²) >= 11 is 2.18. The van der Waals surface area contributed by atoms with E-state index in [0.717, 1.165) is 9.13 Å². The normalized spacial score (nSPS) is 13.3. The zero-order valence-corrected chi connectivity index (χ0v) is 15.6. The van der Waals surface area contributed by atoms with Crippen LogP contribution in [0.4, 0.5) is 0 Å². The van der Waals surface area contributed by atoms with Crippen molar-refractivity contribution in [2.75, 3.05) is 0 Å². The Bertz CT molecular complexity index is 590. The fraction of sp³-hybridized carbons (Fsp3) is 0.438. The molecule has 2 atom stereocenters. The van der Waals surface area contributed by atoms with E-state index < -0.39 is 23.9 Å². The second-order valence-corrected chi connectivity index (χ2v) is 6.97. The van der Waals surface area contributed by atoms with Gasteiger partial charge in [0.25, 0.3) is 0 Å². The van der Waals surface area contributed by atoms with Gasteiger partial charge < -0.3 is 16.4 Å². The molecule has 0 fully saturated rings. The molecule has 0 aromatic heterocycles. The minimum absolute atomic E-state index is 0.106. The highest BCUT2D eigenvalue weighted by atomic mass is 127. The van der Waals surface area contributed by atoms with Crippen LogP contribution in [-0.4, -0.2) is 29.8 Å². The van der Waals surface area contributed by atoms with Crippen LogP contribution in [-0.2, 0) is 20.8 Å². The minimum Gasteiger partial charge on any atom is -0.368 e. The van der Waals surface area contributed by atoms with Gasteiger partial charge in [-0.3, -0.25) is 14.4 Å². The third-order valence-electron chi connectivity index (χ3n) is 3.30. The molecular formula is C16H22IN3O3. The number of carbonyl (C=O) groups excluding carboxylic acids is 3. The van der Waals surface area contributed by atoms with Crippen LogP contribution in [0.25, 0.3) is 0 Å². The molecule has 0 saturated carbocycles. The summed E-state index contributed by atoms with van der Waals surface area (Å²) in [6.07, 6.45) is 0.308. The van der Waals surface area contributed by atoms with Crippen LogP contribution < -0.4 is 16.4 Å². The second kappa shape index (κ2) is 8.85. The molecule has 6 nitrogen and oxygen atoms in total. The van der Waals surface area contributed by atoms with Crippen molar-refractivity contribution in [3.05, 3.63) is 33.4 Å². The van der Waals surface area contributed by atoms with Crippen LogP contribution >= 0.6 is 22.6 Å². The van der Waals surface area contributed by atoms with Gasteiger partial charge in [0.2, 0.25) is 17.7 Å². The Morgan fingerprint density at radius 3 is 2.35 bits per heavy atom. The van der Waals surface area contributed by atoms with E-state index in [9.17, 15) is 14.4 Å². The lowest BCUT2D eigenvalue weighted by atomic mass is 10.0. The van der Waals surface area contributed by atoms with Crippen molar-refractivity contribution in [3.63, 3.8) is 0 Å². The Labute approximate surface area is 149 Å². The molecule has 0 heterocycles. The number of benzene rings is 1. The number of amides is 3. The maximum absolute atomic E-state index is 12.4. The Hall–Kier alpha value is -1.64. The molecule has 0 aliphatic heterocycles. The molecule has 0 radical (unpaired) electrons. The Kier molecular flexibility index (Phi) is 7.47. The van der Waals surface area contributed by atoms with Crippen LogP contribution in [0.3, 0.4) is 0 Å². The fourth-order valence-electron chi connectivity index (χ4n) is 2.14. The number of primary amides is 1. The maximum atomic E-state index is 12.4. The van der Waals surface area contributed by atoms with E-state index in [4.69, 9.17) is 5.73 Å². The monoisotopic (exact) mass is 431 g/mol. The molecule has 126 valence electrons. The van der Waals surface area contributed by atoms with Crippen LogP contribution in [0.5, 0.6) is 0 Å². The number of halogens is 1. The third-order valence-corrected chi connectivity index (χ3v) is 3.97. The third kappa shape index (κ3) is 6.55. The molecule has 3 amide bonds. The summed E-state index contributed by atoms with van der Waals surface area (Å²) in [7, 11) is 0. The molecule has 7 heteroatoms. The zero-order valence-electron chi connectivity index (χ0n) is 13.4. The highest BCUT2D eigenvalue weighted by molar-refractivity contribution is 14.1. The summed E-state index contributed by atoms with van der Waals surface area (Å²) in [5.41, 5.74) is 6.31. The Morgan fingerprint density at radius 2 is 1.87 bits per heavy atom. The van der Waals surface area contributed by atoms with E-state index in [1.807, 2.05) is 38.1 Å². The van der Waals surface area contributed by atoms with Gasteiger partial charge in [-0.05, 0) is 46.2 Å². The molecule has 0 unspecified atom stereocenters. The largest absolute Gasteiger partial charge is 0.368 e. The molecule has 0 spiro atoms. The minimum atomic E-state index is -0.823. The van der Waals surface area contributed by atoms with E-state index in [1.165, 1.54) is 6.92 Å². The van der Waals surface area contributed by atoms with E-state index in [0.29, 0.717) is 6.42 Å². The smallest absolute Gasteiger partial charge is 0.243 e. The van der Waals surface area contributed by atoms with Gasteiger partial charge in [-0.2, -0.15) is 0 Å². The average Bonchev–Trinajstić information content (AvgIpc) is 2.43. The van der Waals surface area contributed by atoms with E-state index in [1.54, 1.807) is 0 Å². The van der Waals surface area contributed by atoms with Crippen LogP contribution in [0, 0.1) is 9.49 Å². The summed E-state index contributed by atoms with van der Waals surface area (Å²) in [5, 5.41) is 5.23. The molecule has 0 saturated heterocycles. The first-order chi connectivity index (χ1) is 10.7. The predicted octanol–water partition coefficient (Wildman–Crippen LogP) is 0.965. The number of nitrogens with one attached hydrogen (secondary N) is 2. The number of nitrogens with two attached hydrogens (primary N) is 1. The van der Waals surface area contributed by atoms with Crippen LogP contribution in [0.1, 0.15) is 26.3 Å². The summed E-state index contributed by atoms with van der Waals surface area (Å²) in [6, 6.07) is 6.09. The second-order valence-electron chi connectivity index (χ2n) is 5.72. The van der Waals surface area contributed by atoms with Gasteiger partial charge in [-0.25, -0.2) is 0 Å². The predicted molar refractivity (Wildman–Crippen MR) is 96.4 cm³/mol. The maximum Gasteiger partial charge on any atom is 0.243 e. The summed E-state index contributed by atoms with van der Waals surface area (Å²) < 4.78 is 1.04. The summed E-state index contributed by atoms with van der Waals surface area (Å²) in [6.45, 7) is 4.98. The van der Waals surface area contributed by atoms with Gasteiger partial charge in [-0.1, -0.05) is 26.0 Å². The number of carbonyl (C=O) groups is 3. The zero-order chi connectivity index (χ0) is 17.6. The van der Waals surface area contributed by atoms with Gasteiger partial charge in [0.05, 0.1) is 0 Å². The SMILES string of the molecule is CC(=O)N[C@@H](C(=O)N[C@H](Cc1cccc(I)c1)C(N)=O)C(C)C. The molecule has 4 N–H and O–H groups in total. The highest BCUT2D eigenvalue weighted by Crippen LogP contribution is 2.10. The van der Waals surface area contributed by atoms with Crippen molar-refractivity contribution in [1.82, 2.24) is 10.6 Å². The van der Waals surface area contributed by atoms with Crippen molar-refractivity contribution in [1.29, 1.82) is 0 Å². The van der Waals surface area contributed by atoms with Crippen molar-refractivity contribution in [2.45, 2.75) is 39.3 Å². The standard InChI is InChI=1S/C16H22IN3O3/c1-9(2)14(19-10(3)21)16(23)20-13(15(18)22)8-11-5-4-6-12(17)7-11/h4-7,9,13-14H,8H2,1-3H3,(H2,18,22)(H,19,21)(H,20,23)/t13-,14-/m1/s1. The number of rotatable bonds is 7. The van der Waals surface area contributed by atoms with Crippen molar-refractivity contribution < 1.29 is 14.4 Å². The Morgan fingerprint density at radius 1 is 1.22 bits per heavy atom. The molecule has 0 aliphatic rings. The molecule has 0 bridgehead atoms. The first kappa shape index (κ1) is 19.4. The van der Waals surface area contributed by atoms with Gasteiger partial charge in [-0.15, -0.1) is 0 Å². The molecule has 1 aromatic rings. The van der Waals surface area contributed by atoms with Gasteiger partial charge in [0, 0.05) is 16.9 Å². The van der Waals surface area contributed by atoms with Crippen LogP contribution in [0.15, 0.2) is 24.3 Å². The molecule has 1 aromatic carbocycles. The summed E-state index contributed by atoms with van der Waals surface area (Å²) in [4.78, 5) is 35.2. The van der Waals surface area contributed by atoms with Crippen molar-refractivity contribution in [2.24, 2.45) is 11.7 Å². The quantitative estimate of drug-likeness (QED) is 0.561. The van der Waals surface area contributed by atoms with Crippen molar-refractivity contribution >= 4 is 40.3 Å². The Balaban J connectivity index is 2.84. The topological polar surface area (TPSA) is 101 Å². The van der Waals surface area contributed by atoms with Gasteiger partial charge >= 0.3 is 0 Å². The van der Waals surface area contributed by atoms with Gasteiger partial charge in [0.1, 0.15) is 12.1 Å². The van der Waals surface area contributed by atoms with Crippen molar-refractivity contribution in [3.8, 4) is 0 Å². The average molecular weight is 431 g/mol. The first-order valence-corrected chi connectivity index (χ1v) is 8.39. The summed E-state index contributed by atoms with van der Waals surface area (Å²) in [5.74, 6) is -1.43. The van der Waals surface area contributed by atoms with E-state index >= 15 is 0 Å².